The SMILES string of the molecule is CCCC[C@H](c1cc(Cl)cc(C)c1O)N1CCNCC1.Cl.Cl. The fourth-order valence-corrected chi connectivity index (χ4v) is 3.22. The fraction of sp³-hybridized carbons (Fsp3) is 0.625. The van der Waals surface area contributed by atoms with Crippen LogP contribution in [0.1, 0.15) is 43.4 Å². The monoisotopic (exact) mass is 368 g/mol. The first-order chi connectivity index (χ1) is 9.63. The van der Waals surface area contributed by atoms with Gasteiger partial charge in [0.05, 0.1) is 0 Å². The Balaban J connectivity index is 0.00000220. The number of hydrogen-bond acceptors (Lipinski definition) is 3. The molecule has 6 heteroatoms. The van der Waals surface area contributed by atoms with E-state index in [1.54, 1.807) is 0 Å². The number of aromatic hydroxyl groups is 1. The Morgan fingerprint density at radius 2 is 1.91 bits per heavy atom. The maximum absolute atomic E-state index is 10.4. The van der Waals surface area contributed by atoms with E-state index in [4.69, 9.17) is 11.6 Å². The highest BCUT2D eigenvalue weighted by atomic mass is 35.5. The molecule has 0 amide bonds. The van der Waals surface area contributed by atoms with Crippen molar-refractivity contribution in [1.29, 1.82) is 0 Å². The van der Waals surface area contributed by atoms with Gasteiger partial charge in [-0.25, -0.2) is 0 Å². The summed E-state index contributed by atoms with van der Waals surface area (Å²) < 4.78 is 0. The molecular formula is C16H27Cl3N2O. The Morgan fingerprint density at radius 3 is 2.50 bits per heavy atom. The Morgan fingerprint density at radius 1 is 1.27 bits per heavy atom. The van der Waals surface area contributed by atoms with Crippen LogP contribution in [0.2, 0.25) is 5.02 Å². The van der Waals surface area contributed by atoms with E-state index < -0.39 is 0 Å². The minimum Gasteiger partial charge on any atom is -0.507 e. The number of aryl methyl sites for hydroxylation is 1. The highest BCUT2D eigenvalue weighted by molar-refractivity contribution is 6.30. The second kappa shape index (κ2) is 10.6. The molecular weight excluding hydrogens is 343 g/mol. The molecule has 0 spiro atoms. The number of piperazine rings is 1. The van der Waals surface area contributed by atoms with Gasteiger partial charge in [-0.3, -0.25) is 4.90 Å². The molecule has 2 N–H and O–H groups in total. The number of benzene rings is 1. The van der Waals surface area contributed by atoms with Crippen LogP contribution >= 0.6 is 36.4 Å². The van der Waals surface area contributed by atoms with Crippen molar-refractivity contribution in [3.8, 4) is 5.75 Å². The van der Waals surface area contributed by atoms with E-state index in [1.165, 1.54) is 12.8 Å². The summed E-state index contributed by atoms with van der Waals surface area (Å²) in [6, 6.07) is 4.04. The van der Waals surface area contributed by atoms with Gasteiger partial charge >= 0.3 is 0 Å². The third-order valence-electron chi connectivity index (χ3n) is 4.08. The minimum atomic E-state index is 0. The number of halogens is 3. The highest BCUT2D eigenvalue weighted by Gasteiger charge is 2.25. The number of nitrogens with one attached hydrogen (secondary N) is 1. The smallest absolute Gasteiger partial charge is 0.123 e. The Hall–Kier alpha value is -0.190. The van der Waals surface area contributed by atoms with E-state index in [9.17, 15) is 5.11 Å². The fourth-order valence-electron chi connectivity index (χ4n) is 2.94. The van der Waals surface area contributed by atoms with Crippen LogP contribution in [-0.2, 0) is 0 Å². The van der Waals surface area contributed by atoms with Crippen LogP contribution < -0.4 is 5.32 Å². The van der Waals surface area contributed by atoms with E-state index in [0.29, 0.717) is 10.8 Å². The van der Waals surface area contributed by atoms with E-state index in [-0.39, 0.29) is 30.9 Å². The average molecular weight is 370 g/mol. The van der Waals surface area contributed by atoms with Crippen LogP contribution in [0.15, 0.2) is 12.1 Å². The summed E-state index contributed by atoms with van der Waals surface area (Å²) >= 11 is 6.20. The molecule has 2 rings (SSSR count). The minimum absolute atomic E-state index is 0. The first-order valence-electron chi connectivity index (χ1n) is 7.57. The van der Waals surface area contributed by atoms with E-state index in [0.717, 1.165) is 43.7 Å². The molecule has 0 aliphatic carbocycles. The van der Waals surface area contributed by atoms with Crippen molar-refractivity contribution in [1.82, 2.24) is 10.2 Å². The lowest BCUT2D eigenvalue weighted by molar-refractivity contribution is 0.160. The molecule has 3 nitrogen and oxygen atoms in total. The molecule has 0 bridgehead atoms. The van der Waals surface area contributed by atoms with Gasteiger partial charge in [-0.1, -0.05) is 31.4 Å². The topological polar surface area (TPSA) is 35.5 Å². The number of phenols is 1. The molecule has 1 heterocycles. The molecule has 1 aromatic rings. The first kappa shape index (κ1) is 21.8. The zero-order valence-corrected chi connectivity index (χ0v) is 15.7. The van der Waals surface area contributed by atoms with Crippen LogP contribution in [0, 0.1) is 6.92 Å². The maximum atomic E-state index is 10.4. The van der Waals surface area contributed by atoms with E-state index in [2.05, 4.69) is 17.1 Å². The van der Waals surface area contributed by atoms with Gasteiger partial charge in [-0.15, -0.1) is 24.8 Å². The summed E-state index contributed by atoms with van der Waals surface area (Å²) in [5.41, 5.74) is 1.86. The molecule has 22 heavy (non-hydrogen) atoms. The summed E-state index contributed by atoms with van der Waals surface area (Å²) in [5.74, 6) is 0.411. The lowest BCUT2D eigenvalue weighted by Gasteiger charge is -2.36. The van der Waals surface area contributed by atoms with Crippen molar-refractivity contribution in [2.75, 3.05) is 26.2 Å². The summed E-state index contributed by atoms with van der Waals surface area (Å²) in [7, 11) is 0. The lowest BCUT2D eigenvalue weighted by Crippen LogP contribution is -2.45. The molecule has 0 unspecified atom stereocenters. The van der Waals surface area contributed by atoms with Crippen molar-refractivity contribution < 1.29 is 5.11 Å². The third-order valence-corrected chi connectivity index (χ3v) is 4.30. The van der Waals surface area contributed by atoms with Gasteiger partial charge in [-0.2, -0.15) is 0 Å². The number of nitrogens with zero attached hydrogens (tertiary/aromatic N) is 1. The van der Waals surface area contributed by atoms with E-state index in [1.807, 2.05) is 19.1 Å². The molecule has 1 aliphatic rings. The Bertz CT molecular complexity index is 451. The quantitative estimate of drug-likeness (QED) is 0.810. The molecule has 1 aromatic carbocycles. The predicted octanol–water partition coefficient (Wildman–Crippen LogP) is 4.33. The first-order valence-corrected chi connectivity index (χ1v) is 7.95. The molecule has 0 aromatic heterocycles. The lowest BCUT2D eigenvalue weighted by atomic mass is 9.96. The van der Waals surface area contributed by atoms with E-state index >= 15 is 0 Å². The Kier molecular flexibility index (Phi) is 10.5. The van der Waals surface area contributed by atoms with Crippen LogP contribution in [0.5, 0.6) is 5.75 Å². The van der Waals surface area contributed by atoms with Crippen molar-refractivity contribution in [3.63, 3.8) is 0 Å². The van der Waals surface area contributed by atoms with Gasteiger partial charge in [0.1, 0.15) is 5.75 Å². The second-order valence-electron chi connectivity index (χ2n) is 5.60. The third kappa shape index (κ3) is 5.47. The van der Waals surface area contributed by atoms with Crippen molar-refractivity contribution in [2.45, 2.75) is 39.2 Å². The van der Waals surface area contributed by atoms with Gasteiger partial charge in [0.2, 0.25) is 0 Å². The molecule has 1 fully saturated rings. The average Bonchev–Trinajstić information content (AvgIpc) is 2.45. The van der Waals surface area contributed by atoms with Gasteiger partial charge < -0.3 is 10.4 Å². The van der Waals surface area contributed by atoms with Crippen molar-refractivity contribution in [2.24, 2.45) is 0 Å². The highest BCUT2D eigenvalue weighted by Crippen LogP contribution is 2.36. The summed E-state index contributed by atoms with van der Waals surface area (Å²) in [6.07, 6.45) is 3.41. The molecule has 1 saturated heterocycles. The zero-order valence-electron chi connectivity index (χ0n) is 13.3. The summed E-state index contributed by atoms with van der Waals surface area (Å²) in [6.45, 7) is 8.21. The van der Waals surface area contributed by atoms with Crippen LogP contribution in [0.25, 0.3) is 0 Å². The molecule has 1 aliphatic heterocycles. The normalized spacial score (nSPS) is 16.5. The van der Waals surface area contributed by atoms with Gasteiger partial charge in [0.25, 0.3) is 0 Å². The zero-order chi connectivity index (χ0) is 14.5. The van der Waals surface area contributed by atoms with Crippen LogP contribution in [-0.4, -0.2) is 36.2 Å². The van der Waals surface area contributed by atoms with Crippen molar-refractivity contribution >= 4 is 36.4 Å². The second-order valence-corrected chi connectivity index (χ2v) is 6.04. The van der Waals surface area contributed by atoms with Gasteiger partial charge in [0.15, 0.2) is 0 Å². The standard InChI is InChI=1S/C16H25ClN2O.2ClH/c1-3-4-5-15(19-8-6-18-7-9-19)14-11-13(17)10-12(2)16(14)20;;/h10-11,15,18,20H,3-9H2,1-2H3;2*1H/t15-;;/m1../s1. The summed E-state index contributed by atoms with van der Waals surface area (Å²) in [4.78, 5) is 2.47. The molecule has 0 radical (unpaired) electrons. The largest absolute Gasteiger partial charge is 0.507 e. The Labute approximate surface area is 151 Å². The summed E-state index contributed by atoms with van der Waals surface area (Å²) in [5, 5.41) is 14.5. The van der Waals surface area contributed by atoms with Crippen molar-refractivity contribution in [3.05, 3.63) is 28.3 Å². The van der Waals surface area contributed by atoms with Gasteiger partial charge in [0, 0.05) is 42.8 Å². The van der Waals surface area contributed by atoms with Gasteiger partial charge in [-0.05, 0) is 31.0 Å². The molecule has 0 saturated carbocycles. The number of phenolic OH excluding ortho intramolecular Hbond substituents is 1. The predicted molar refractivity (Wildman–Crippen MR) is 99.1 cm³/mol. The molecule has 1 atom stereocenters. The van der Waals surface area contributed by atoms with Crippen LogP contribution in [0.4, 0.5) is 0 Å². The number of unbranched alkanes of at least 4 members (excludes halogenated alkanes) is 1. The maximum Gasteiger partial charge on any atom is 0.123 e. The molecule has 128 valence electrons. The number of hydrogen-bond donors (Lipinski definition) is 2. The van der Waals surface area contributed by atoms with Crippen LogP contribution in [0.3, 0.4) is 0 Å². The number of rotatable bonds is 5.